The van der Waals surface area contributed by atoms with Crippen molar-refractivity contribution in [2.24, 2.45) is 0 Å². The Hall–Kier alpha value is -2.89. The Bertz CT molecular complexity index is 1340. The summed E-state index contributed by atoms with van der Waals surface area (Å²) in [5, 5.41) is 0. The summed E-state index contributed by atoms with van der Waals surface area (Å²) in [6.07, 6.45) is 80.8. The second-order valence-corrected chi connectivity index (χ2v) is 22.0. The fourth-order valence-corrected chi connectivity index (χ4v) is 9.54. The van der Waals surface area contributed by atoms with Crippen LogP contribution in [-0.4, -0.2) is 37.2 Å². The number of unbranched alkanes of at least 4 members (excludes halogenated alkanes) is 39. The molecule has 0 heterocycles. The molecule has 0 bridgehead atoms. The zero-order valence-corrected chi connectivity index (χ0v) is 50.1. The lowest BCUT2D eigenvalue weighted by molar-refractivity contribution is -0.167. The van der Waals surface area contributed by atoms with E-state index < -0.39 is 6.10 Å². The first-order valence-electron chi connectivity index (χ1n) is 32.8. The van der Waals surface area contributed by atoms with Gasteiger partial charge in [0.2, 0.25) is 0 Å². The summed E-state index contributed by atoms with van der Waals surface area (Å²) in [7, 11) is 0. The molecule has 0 amide bonds. The topological polar surface area (TPSA) is 78.9 Å². The molecule has 6 heteroatoms. The molecule has 0 aliphatic rings. The summed E-state index contributed by atoms with van der Waals surface area (Å²) in [6, 6.07) is 0. The Morgan fingerprint density at radius 2 is 0.480 bits per heavy atom. The van der Waals surface area contributed by atoms with Crippen molar-refractivity contribution < 1.29 is 28.6 Å². The third-order valence-electron chi connectivity index (χ3n) is 14.5. The zero-order chi connectivity index (χ0) is 54.3. The second-order valence-electron chi connectivity index (χ2n) is 22.0. The van der Waals surface area contributed by atoms with Crippen molar-refractivity contribution >= 4 is 17.9 Å². The van der Waals surface area contributed by atoms with E-state index in [9.17, 15) is 14.4 Å². The van der Waals surface area contributed by atoms with Crippen LogP contribution in [-0.2, 0) is 28.6 Å². The van der Waals surface area contributed by atoms with E-state index in [1.165, 1.54) is 218 Å². The Kier molecular flexibility index (Phi) is 61.2. The van der Waals surface area contributed by atoms with Gasteiger partial charge in [-0.2, -0.15) is 0 Å². The normalized spacial score (nSPS) is 12.4. The van der Waals surface area contributed by atoms with Crippen LogP contribution in [0, 0.1) is 0 Å². The summed E-state index contributed by atoms with van der Waals surface area (Å²) in [5.74, 6) is -0.896. The predicted octanol–water partition coefficient (Wildman–Crippen LogP) is 22.3. The minimum absolute atomic E-state index is 0.0818. The number of hydrogen-bond donors (Lipinski definition) is 0. The highest BCUT2D eigenvalue weighted by Crippen LogP contribution is 2.17. The molecule has 0 rings (SSSR count). The van der Waals surface area contributed by atoms with Gasteiger partial charge in [0.25, 0.3) is 0 Å². The van der Waals surface area contributed by atoms with Gasteiger partial charge in [-0.3, -0.25) is 14.4 Å². The largest absolute Gasteiger partial charge is 0.462 e. The standard InChI is InChI=1S/C69H124O6/c1-4-7-10-13-16-19-22-25-28-31-34-37-40-43-46-49-52-55-58-61-67(70)73-64-66(75-69(72)63-60-57-54-51-48-45-42-39-36-33-30-27-24-21-18-15-12-9-6-3)65-74-68(71)62-59-56-53-50-47-44-41-38-35-32-29-26-23-20-17-14-11-8-5-2/h16,19,25,27-28,30,34,37,43,46,66H,4-15,17-18,20-24,26,29,31-33,35-36,38-42,44-45,47-65H2,1-3H3/b19-16+,28-25+,30-27+,37-34+,46-43+/t66-/m0/s1. The number of rotatable bonds is 60. The van der Waals surface area contributed by atoms with Crippen LogP contribution in [0.25, 0.3) is 0 Å². The van der Waals surface area contributed by atoms with Gasteiger partial charge < -0.3 is 14.2 Å². The number of esters is 3. The maximum absolute atomic E-state index is 12.9. The molecule has 436 valence electrons. The summed E-state index contributed by atoms with van der Waals surface area (Å²) >= 11 is 0. The highest BCUT2D eigenvalue weighted by atomic mass is 16.6. The number of carbonyl (C=O) groups is 3. The molecule has 0 radical (unpaired) electrons. The molecule has 0 spiro atoms. The van der Waals surface area contributed by atoms with E-state index in [1.54, 1.807) is 0 Å². The second kappa shape index (κ2) is 63.6. The van der Waals surface area contributed by atoms with Crippen molar-refractivity contribution in [2.45, 2.75) is 348 Å². The van der Waals surface area contributed by atoms with Crippen LogP contribution in [0.5, 0.6) is 0 Å². The van der Waals surface area contributed by atoms with E-state index in [2.05, 4.69) is 81.5 Å². The number of ether oxygens (including phenoxy) is 3. The molecule has 0 N–H and O–H groups in total. The fourth-order valence-electron chi connectivity index (χ4n) is 9.54. The number of carbonyl (C=O) groups excluding carboxylic acids is 3. The maximum Gasteiger partial charge on any atom is 0.306 e. The molecule has 0 aromatic heterocycles. The maximum atomic E-state index is 12.9. The first-order chi connectivity index (χ1) is 37.0. The molecular formula is C69H124O6. The molecule has 0 aromatic rings. The van der Waals surface area contributed by atoms with Crippen molar-refractivity contribution in [1.29, 1.82) is 0 Å². The first-order valence-corrected chi connectivity index (χ1v) is 32.8. The molecule has 0 aromatic carbocycles. The Labute approximate surface area is 466 Å². The quantitative estimate of drug-likeness (QED) is 0.0261. The van der Waals surface area contributed by atoms with Crippen LogP contribution in [0.4, 0.5) is 0 Å². The van der Waals surface area contributed by atoms with E-state index in [1.807, 2.05) is 0 Å². The van der Waals surface area contributed by atoms with Crippen molar-refractivity contribution in [1.82, 2.24) is 0 Å². The van der Waals surface area contributed by atoms with Crippen LogP contribution in [0.15, 0.2) is 60.8 Å². The molecular weight excluding hydrogens is 925 g/mol. The lowest BCUT2D eigenvalue weighted by Gasteiger charge is -2.18. The van der Waals surface area contributed by atoms with Gasteiger partial charge in [-0.25, -0.2) is 0 Å². The van der Waals surface area contributed by atoms with Gasteiger partial charge in [-0.15, -0.1) is 0 Å². The van der Waals surface area contributed by atoms with Gasteiger partial charge in [0.1, 0.15) is 13.2 Å². The summed E-state index contributed by atoms with van der Waals surface area (Å²) in [6.45, 7) is 6.63. The molecule has 6 nitrogen and oxygen atoms in total. The lowest BCUT2D eigenvalue weighted by Crippen LogP contribution is -2.30. The Morgan fingerprint density at radius 1 is 0.267 bits per heavy atom. The van der Waals surface area contributed by atoms with E-state index in [4.69, 9.17) is 14.2 Å². The monoisotopic (exact) mass is 1050 g/mol. The van der Waals surface area contributed by atoms with E-state index in [0.717, 1.165) is 83.5 Å². The Balaban J connectivity index is 4.40. The molecule has 0 unspecified atom stereocenters. The lowest BCUT2D eigenvalue weighted by atomic mass is 10.0. The van der Waals surface area contributed by atoms with E-state index in [0.29, 0.717) is 19.3 Å². The molecule has 0 saturated carbocycles. The minimum atomic E-state index is -0.788. The summed E-state index contributed by atoms with van der Waals surface area (Å²) in [5.41, 5.74) is 0. The Morgan fingerprint density at radius 3 is 0.800 bits per heavy atom. The van der Waals surface area contributed by atoms with Gasteiger partial charge >= 0.3 is 17.9 Å². The van der Waals surface area contributed by atoms with E-state index in [-0.39, 0.29) is 31.1 Å². The van der Waals surface area contributed by atoms with Gasteiger partial charge in [-0.1, -0.05) is 293 Å². The molecule has 75 heavy (non-hydrogen) atoms. The average molecular weight is 1050 g/mol. The van der Waals surface area contributed by atoms with Crippen LogP contribution >= 0.6 is 0 Å². The van der Waals surface area contributed by atoms with Crippen molar-refractivity contribution in [3.05, 3.63) is 60.8 Å². The summed E-state index contributed by atoms with van der Waals surface area (Å²) in [4.78, 5) is 38.4. The molecule has 0 aliphatic carbocycles. The third kappa shape index (κ3) is 61.8. The highest BCUT2D eigenvalue weighted by molar-refractivity contribution is 5.71. The van der Waals surface area contributed by atoms with Crippen LogP contribution in [0.1, 0.15) is 342 Å². The average Bonchev–Trinajstić information content (AvgIpc) is 3.41. The number of allylic oxidation sites excluding steroid dienone is 10. The smallest absolute Gasteiger partial charge is 0.306 e. The van der Waals surface area contributed by atoms with Gasteiger partial charge in [0, 0.05) is 19.3 Å². The summed E-state index contributed by atoms with van der Waals surface area (Å²) < 4.78 is 16.9. The molecule has 0 fully saturated rings. The van der Waals surface area contributed by atoms with Crippen LogP contribution in [0.3, 0.4) is 0 Å². The first kappa shape index (κ1) is 72.1. The number of hydrogen-bond acceptors (Lipinski definition) is 6. The van der Waals surface area contributed by atoms with Gasteiger partial charge in [0.05, 0.1) is 0 Å². The van der Waals surface area contributed by atoms with Gasteiger partial charge in [-0.05, 0) is 89.9 Å². The van der Waals surface area contributed by atoms with Crippen molar-refractivity contribution in [3.63, 3.8) is 0 Å². The minimum Gasteiger partial charge on any atom is -0.462 e. The van der Waals surface area contributed by atoms with Crippen molar-refractivity contribution in [2.75, 3.05) is 13.2 Å². The fraction of sp³-hybridized carbons (Fsp3) is 0.812. The highest BCUT2D eigenvalue weighted by Gasteiger charge is 2.19. The van der Waals surface area contributed by atoms with Crippen LogP contribution in [0.2, 0.25) is 0 Å². The van der Waals surface area contributed by atoms with Crippen LogP contribution < -0.4 is 0 Å². The molecule has 0 aliphatic heterocycles. The molecule has 0 saturated heterocycles. The predicted molar refractivity (Wildman–Crippen MR) is 325 cm³/mol. The van der Waals surface area contributed by atoms with Crippen molar-refractivity contribution in [3.8, 4) is 0 Å². The zero-order valence-electron chi connectivity index (χ0n) is 50.1. The third-order valence-corrected chi connectivity index (χ3v) is 14.5. The molecule has 1 atom stereocenters. The van der Waals surface area contributed by atoms with Gasteiger partial charge in [0.15, 0.2) is 6.10 Å². The SMILES string of the molecule is CCCCC/C=C/C/C=C/C/C=C/C/C=C/CCCCCC(=O)OC[C@@H](COC(=O)CCCCCCCCCCCCCCCCCCCCC)OC(=O)CCCCCCCCCCC/C=C/CCCCCCCC. The van der Waals surface area contributed by atoms with E-state index >= 15 is 0 Å².